The second-order valence-electron chi connectivity index (χ2n) is 4.46. The number of carboxylic acid groups (broad SMARTS) is 1. The lowest BCUT2D eigenvalue weighted by molar-refractivity contribution is -0.138. The lowest BCUT2D eigenvalue weighted by Crippen LogP contribution is -2.27. The number of carbonyl (C=O) groups is 1. The minimum absolute atomic E-state index is 0.158. The molecule has 0 saturated heterocycles. The van der Waals surface area contributed by atoms with Gasteiger partial charge in [0.2, 0.25) is 0 Å². The molecule has 0 fully saturated rings. The van der Waals surface area contributed by atoms with E-state index < -0.39 is 5.97 Å². The van der Waals surface area contributed by atoms with E-state index in [1.807, 2.05) is 25.1 Å². The first-order valence-electron chi connectivity index (χ1n) is 5.59. The average Bonchev–Trinajstić information content (AvgIpc) is 2.27. The fourth-order valence-electron chi connectivity index (χ4n) is 2.16. The Bertz CT molecular complexity index is 387. The third kappa shape index (κ3) is 2.35. The topological polar surface area (TPSA) is 46.5 Å². The van der Waals surface area contributed by atoms with Gasteiger partial charge in [-0.3, -0.25) is 4.79 Å². The Labute approximate surface area is 95.0 Å². The summed E-state index contributed by atoms with van der Waals surface area (Å²) >= 11 is 0. The molecule has 0 aromatic heterocycles. The first-order valence-corrected chi connectivity index (χ1v) is 5.59. The number of ether oxygens (including phenoxy) is 1. The van der Waals surface area contributed by atoms with Gasteiger partial charge in [0.1, 0.15) is 5.75 Å². The van der Waals surface area contributed by atoms with Crippen LogP contribution in [-0.4, -0.2) is 17.7 Å². The van der Waals surface area contributed by atoms with Gasteiger partial charge in [-0.15, -0.1) is 0 Å². The van der Waals surface area contributed by atoms with E-state index in [1.165, 1.54) is 5.56 Å². The van der Waals surface area contributed by atoms with E-state index in [1.54, 1.807) is 0 Å². The summed E-state index contributed by atoms with van der Waals surface area (Å²) in [6.07, 6.45) is 1.14. The summed E-state index contributed by atoms with van der Waals surface area (Å²) in [7, 11) is 0. The minimum atomic E-state index is -0.730. The monoisotopic (exact) mass is 220 g/mol. The van der Waals surface area contributed by atoms with Gasteiger partial charge in [0.05, 0.1) is 6.61 Å². The summed E-state index contributed by atoms with van der Waals surface area (Å²) in [5, 5.41) is 8.77. The van der Waals surface area contributed by atoms with Crippen molar-refractivity contribution in [1.82, 2.24) is 0 Å². The SMILES string of the molecule is CC(CC(=O)O)C1COc2ccccc2C1. The molecular formula is C13H16O3. The molecule has 0 amide bonds. The van der Waals surface area contributed by atoms with E-state index in [2.05, 4.69) is 6.07 Å². The first kappa shape index (κ1) is 11.0. The zero-order valence-electron chi connectivity index (χ0n) is 9.35. The normalized spacial score (nSPS) is 20.7. The Morgan fingerprint density at radius 3 is 3.06 bits per heavy atom. The summed E-state index contributed by atoms with van der Waals surface area (Å²) in [6.45, 7) is 2.61. The maximum atomic E-state index is 10.7. The number of hydrogen-bond donors (Lipinski definition) is 1. The van der Waals surface area contributed by atoms with Gasteiger partial charge in [0, 0.05) is 12.3 Å². The molecule has 1 aromatic carbocycles. The molecule has 2 atom stereocenters. The molecule has 1 N–H and O–H groups in total. The van der Waals surface area contributed by atoms with Crippen molar-refractivity contribution in [2.75, 3.05) is 6.61 Å². The van der Waals surface area contributed by atoms with E-state index in [0.717, 1.165) is 12.2 Å². The maximum Gasteiger partial charge on any atom is 0.303 e. The third-order valence-corrected chi connectivity index (χ3v) is 3.21. The number of para-hydroxylation sites is 1. The van der Waals surface area contributed by atoms with Crippen molar-refractivity contribution in [1.29, 1.82) is 0 Å². The van der Waals surface area contributed by atoms with E-state index in [9.17, 15) is 4.79 Å². The number of fused-ring (bicyclic) bond motifs is 1. The minimum Gasteiger partial charge on any atom is -0.493 e. The van der Waals surface area contributed by atoms with Crippen LogP contribution in [0.25, 0.3) is 0 Å². The summed E-state index contributed by atoms with van der Waals surface area (Å²) in [4.78, 5) is 10.7. The van der Waals surface area contributed by atoms with Crippen LogP contribution in [0.5, 0.6) is 5.75 Å². The Kier molecular flexibility index (Phi) is 3.13. The van der Waals surface area contributed by atoms with Gasteiger partial charge in [-0.25, -0.2) is 0 Å². The van der Waals surface area contributed by atoms with Crippen molar-refractivity contribution in [3.05, 3.63) is 29.8 Å². The van der Waals surface area contributed by atoms with Crippen molar-refractivity contribution in [2.45, 2.75) is 19.8 Å². The summed E-state index contributed by atoms with van der Waals surface area (Å²) in [5.41, 5.74) is 1.19. The van der Waals surface area contributed by atoms with Crippen molar-refractivity contribution in [2.24, 2.45) is 11.8 Å². The molecule has 3 heteroatoms. The van der Waals surface area contributed by atoms with Crippen molar-refractivity contribution < 1.29 is 14.6 Å². The number of benzene rings is 1. The number of aliphatic carboxylic acids is 1. The lowest BCUT2D eigenvalue weighted by atomic mass is 9.85. The molecule has 0 spiro atoms. The van der Waals surface area contributed by atoms with Gasteiger partial charge in [-0.05, 0) is 24.0 Å². The molecule has 1 aromatic rings. The summed E-state index contributed by atoms with van der Waals surface area (Å²) < 4.78 is 5.65. The van der Waals surface area contributed by atoms with E-state index >= 15 is 0 Å². The fourth-order valence-corrected chi connectivity index (χ4v) is 2.16. The van der Waals surface area contributed by atoms with Crippen LogP contribution < -0.4 is 4.74 Å². The molecule has 16 heavy (non-hydrogen) atoms. The smallest absolute Gasteiger partial charge is 0.303 e. The number of rotatable bonds is 3. The Morgan fingerprint density at radius 1 is 1.56 bits per heavy atom. The van der Waals surface area contributed by atoms with Crippen LogP contribution in [0, 0.1) is 11.8 Å². The zero-order chi connectivity index (χ0) is 11.5. The molecule has 0 saturated carbocycles. The van der Waals surface area contributed by atoms with Crippen LogP contribution in [0.1, 0.15) is 18.9 Å². The number of carboxylic acids is 1. The molecule has 0 radical (unpaired) electrons. The highest BCUT2D eigenvalue weighted by Crippen LogP contribution is 2.31. The standard InChI is InChI=1S/C13H16O3/c1-9(6-13(14)15)11-7-10-4-2-3-5-12(10)16-8-11/h2-5,9,11H,6-8H2,1H3,(H,14,15). The van der Waals surface area contributed by atoms with Crippen molar-refractivity contribution >= 4 is 5.97 Å². The van der Waals surface area contributed by atoms with Crippen LogP contribution in [0.3, 0.4) is 0 Å². The Balaban J connectivity index is 2.05. The quantitative estimate of drug-likeness (QED) is 0.850. The van der Waals surface area contributed by atoms with Gasteiger partial charge in [0.15, 0.2) is 0 Å². The number of hydrogen-bond acceptors (Lipinski definition) is 2. The van der Waals surface area contributed by atoms with Crippen molar-refractivity contribution in [3.8, 4) is 5.75 Å². The van der Waals surface area contributed by atoms with Gasteiger partial charge in [0.25, 0.3) is 0 Å². The van der Waals surface area contributed by atoms with Crippen LogP contribution in [-0.2, 0) is 11.2 Å². The average molecular weight is 220 g/mol. The molecule has 1 aliphatic rings. The van der Waals surface area contributed by atoms with Crippen LogP contribution >= 0.6 is 0 Å². The van der Waals surface area contributed by atoms with Crippen LogP contribution in [0.2, 0.25) is 0 Å². The van der Waals surface area contributed by atoms with Crippen LogP contribution in [0.15, 0.2) is 24.3 Å². The molecule has 86 valence electrons. The van der Waals surface area contributed by atoms with Gasteiger partial charge in [-0.1, -0.05) is 25.1 Å². The molecule has 1 aliphatic heterocycles. The second kappa shape index (κ2) is 4.56. The predicted molar refractivity (Wildman–Crippen MR) is 60.5 cm³/mol. The fraction of sp³-hybridized carbons (Fsp3) is 0.462. The van der Waals surface area contributed by atoms with Gasteiger partial charge < -0.3 is 9.84 Å². The molecule has 0 bridgehead atoms. The van der Waals surface area contributed by atoms with E-state index in [4.69, 9.17) is 9.84 Å². The molecule has 3 nitrogen and oxygen atoms in total. The third-order valence-electron chi connectivity index (χ3n) is 3.21. The highest BCUT2D eigenvalue weighted by Gasteiger charge is 2.25. The van der Waals surface area contributed by atoms with Gasteiger partial charge in [-0.2, -0.15) is 0 Å². The van der Waals surface area contributed by atoms with E-state index in [-0.39, 0.29) is 12.3 Å². The molecule has 1 heterocycles. The predicted octanol–water partition coefficient (Wildman–Crippen LogP) is 2.35. The van der Waals surface area contributed by atoms with E-state index in [0.29, 0.717) is 12.5 Å². The summed E-state index contributed by atoms with van der Waals surface area (Å²) in [5.74, 6) is 0.685. The maximum absolute atomic E-state index is 10.7. The Morgan fingerprint density at radius 2 is 2.31 bits per heavy atom. The van der Waals surface area contributed by atoms with Crippen molar-refractivity contribution in [3.63, 3.8) is 0 Å². The summed E-state index contributed by atoms with van der Waals surface area (Å²) in [6, 6.07) is 7.97. The largest absolute Gasteiger partial charge is 0.493 e. The first-order chi connectivity index (χ1) is 7.66. The molecular weight excluding hydrogens is 204 g/mol. The highest BCUT2D eigenvalue weighted by molar-refractivity contribution is 5.67. The molecule has 0 aliphatic carbocycles. The van der Waals surface area contributed by atoms with Gasteiger partial charge >= 0.3 is 5.97 Å². The lowest BCUT2D eigenvalue weighted by Gasteiger charge is -2.28. The highest BCUT2D eigenvalue weighted by atomic mass is 16.5. The zero-order valence-corrected chi connectivity index (χ0v) is 9.35. The van der Waals surface area contributed by atoms with Crippen LogP contribution in [0.4, 0.5) is 0 Å². The second-order valence-corrected chi connectivity index (χ2v) is 4.46. The molecule has 2 unspecified atom stereocenters. The molecule has 2 rings (SSSR count). The Hall–Kier alpha value is -1.51.